The van der Waals surface area contributed by atoms with Gasteiger partial charge in [-0.2, -0.15) is 0 Å². The van der Waals surface area contributed by atoms with Crippen LogP contribution in [0.15, 0.2) is 36.4 Å². The zero-order chi connectivity index (χ0) is 18.4. The number of carbonyl (C=O) groups is 1. The SMILES string of the molecule is CCc1ccc(OCc2c(NC(=O)OC)cccc2C(F)F)c(Cl)c1. The minimum absolute atomic E-state index is 0.165. The van der Waals surface area contributed by atoms with Crippen LogP contribution in [0.3, 0.4) is 0 Å². The molecule has 0 saturated heterocycles. The number of carbonyl (C=O) groups excluding carboxylic acids is 1. The minimum Gasteiger partial charge on any atom is -0.487 e. The van der Waals surface area contributed by atoms with E-state index in [1.54, 1.807) is 12.1 Å². The molecule has 2 aromatic rings. The van der Waals surface area contributed by atoms with E-state index in [1.165, 1.54) is 25.3 Å². The first-order valence-corrected chi connectivity index (χ1v) is 8.00. The van der Waals surface area contributed by atoms with E-state index in [4.69, 9.17) is 16.3 Å². The average molecular weight is 370 g/mol. The molecule has 0 aliphatic rings. The molecule has 0 aliphatic carbocycles. The predicted octanol–water partition coefficient (Wildman–Crippen LogP) is 5.60. The molecule has 25 heavy (non-hydrogen) atoms. The van der Waals surface area contributed by atoms with Gasteiger partial charge in [-0.3, -0.25) is 5.32 Å². The summed E-state index contributed by atoms with van der Waals surface area (Å²) in [6.07, 6.45) is -2.64. The third kappa shape index (κ3) is 4.82. The Labute approximate surface area is 149 Å². The maximum Gasteiger partial charge on any atom is 0.411 e. The van der Waals surface area contributed by atoms with Crippen molar-refractivity contribution in [3.05, 3.63) is 58.1 Å². The molecule has 0 unspecified atom stereocenters. The quantitative estimate of drug-likeness (QED) is 0.721. The van der Waals surface area contributed by atoms with Crippen molar-refractivity contribution in [3.8, 4) is 5.75 Å². The van der Waals surface area contributed by atoms with Gasteiger partial charge in [0.25, 0.3) is 6.43 Å². The summed E-state index contributed by atoms with van der Waals surface area (Å²) in [5, 5.41) is 2.82. The zero-order valence-electron chi connectivity index (χ0n) is 13.8. The van der Waals surface area contributed by atoms with E-state index in [1.807, 2.05) is 13.0 Å². The number of nitrogens with one attached hydrogen (secondary N) is 1. The van der Waals surface area contributed by atoms with Gasteiger partial charge in [0.1, 0.15) is 12.4 Å². The lowest BCUT2D eigenvalue weighted by molar-refractivity contribution is 0.148. The van der Waals surface area contributed by atoms with Crippen molar-refractivity contribution in [1.29, 1.82) is 0 Å². The fraction of sp³-hybridized carbons (Fsp3) is 0.278. The number of halogens is 3. The highest BCUT2D eigenvalue weighted by Crippen LogP contribution is 2.32. The first-order chi connectivity index (χ1) is 12.0. The number of amides is 1. The Balaban J connectivity index is 2.29. The van der Waals surface area contributed by atoms with Crippen molar-refractivity contribution in [2.75, 3.05) is 12.4 Å². The van der Waals surface area contributed by atoms with Crippen LogP contribution in [0.1, 0.15) is 30.0 Å². The smallest absolute Gasteiger partial charge is 0.411 e. The summed E-state index contributed by atoms with van der Waals surface area (Å²) in [4.78, 5) is 11.4. The number of hydrogen-bond acceptors (Lipinski definition) is 3. The van der Waals surface area contributed by atoms with E-state index in [-0.39, 0.29) is 23.4 Å². The first kappa shape index (κ1) is 19.0. The monoisotopic (exact) mass is 369 g/mol. The van der Waals surface area contributed by atoms with Gasteiger partial charge in [-0.15, -0.1) is 0 Å². The summed E-state index contributed by atoms with van der Waals surface area (Å²) in [5.74, 6) is 0.381. The van der Waals surface area contributed by atoms with Crippen molar-refractivity contribution in [2.45, 2.75) is 26.4 Å². The topological polar surface area (TPSA) is 47.6 Å². The summed E-state index contributed by atoms with van der Waals surface area (Å²) in [6.45, 7) is 1.82. The molecule has 0 saturated carbocycles. The Hall–Kier alpha value is -2.34. The van der Waals surface area contributed by atoms with Crippen LogP contribution in [0.2, 0.25) is 5.02 Å². The lowest BCUT2D eigenvalue weighted by atomic mass is 10.1. The molecule has 4 nitrogen and oxygen atoms in total. The normalized spacial score (nSPS) is 10.6. The molecular formula is C18H18ClF2NO3. The molecular weight excluding hydrogens is 352 g/mol. The summed E-state index contributed by atoms with van der Waals surface area (Å²) < 4.78 is 36.7. The molecule has 0 aromatic heterocycles. The van der Waals surface area contributed by atoms with E-state index >= 15 is 0 Å². The van der Waals surface area contributed by atoms with Crippen molar-refractivity contribution in [2.24, 2.45) is 0 Å². The fourth-order valence-electron chi connectivity index (χ4n) is 2.28. The van der Waals surface area contributed by atoms with E-state index < -0.39 is 12.5 Å². The number of methoxy groups -OCH3 is 1. The lowest BCUT2D eigenvalue weighted by Gasteiger charge is -2.16. The Morgan fingerprint density at radius 1 is 1.28 bits per heavy atom. The van der Waals surface area contributed by atoms with Gasteiger partial charge in [0.15, 0.2) is 0 Å². The van der Waals surface area contributed by atoms with Gasteiger partial charge < -0.3 is 9.47 Å². The highest BCUT2D eigenvalue weighted by atomic mass is 35.5. The van der Waals surface area contributed by atoms with Crippen LogP contribution in [0.4, 0.5) is 19.3 Å². The second-order valence-corrected chi connectivity index (χ2v) is 5.60. The summed E-state index contributed by atoms with van der Waals surface area (Å²) >= 11 is 6.16. The van der Waals surface area contributed by atoms with E-state index in [9.17, 15) is 13.6 Å². The second kappa shape index (κ2) is 8.67. The summed E-state index contributed by atoms with van der Waals surface area (Å²) in [5.41, 5.74) is 1.18. The van der Waals surface area contributed by atoms with Crippen LogP contribution in [0, 0.1) is 0 Å². The van der Waals surface area contributed by atoms with Gasteiger partial charge in [-0.1, -0.05) is 36.7 Å². The number of rotatable bonds is 6. The Kier molecular flexibility index (Phi) is 6.58. The van der Waals surface area contributed by atoms with E-state index in [2.05, 4.69) is 10.1 Å². The number of anilines is 1. The first-order valence-electron chi connectivity index (χ1n) is 7.62. The van der Waals surface area contributed by atoms with E-state index in [0.29, 0.717) is 10.8 Å². The third-order valence-electron chi connectivity index (χ3n) is 3.65. The molecule has 7 heteroatoms. The molecule has 0 spiro atoms. The number of benzene rings is 2. The van der Waals surface area contributed by atoms with Crippen molar-refractivity contribution < 1.29 is 23.0 Å². The Morgan fingerprint density at radius 2 is 2.04 bits per heavy atom. The van der Waals surface area contributed by atoms with Gasteiger partial charge in [0.05, 0.1) is 17.8 Å². The molecule has 1 N–H and O–H groups in total. The van der Waals surface area contributed by atoms with Crippen LogP contribution in [-0.2, 0) is 17.8 Å². The number of alkyl halides is 2. The van der Waals surface area contributed by atoms with Crippen LogP contribution in [0.25, 0.3) is 0 Å². The van der Waals surface area contributed by atoms with Gasteiger partial charge in [-0.05, 0) is 30.2 Å². The number of ether oxygens (including phenoxy) is 2. The van der Waals surface area contributed by atoms with Gasteiger partial charge in [-0.25, -0.2) is 13.6 Å². The molecule has 0 fully saturated rings. The van der Waals surface area contributed by atoms with E-state index in [0.717, 1.165) is 12.0 Å². The fourth-order valence-corrected chi connectivity index (χ4v) is 2.54. The maximum absolute atomic E-state index is 13.3. The number of aryl methyl sites for hydroxylation is 1. The lowest BCUT2D eigenvalue weighted by Crippen LogP contribution is -2.14. The standard InChI is InChI=1S/C18H18ClF2NO3/c1-3-11-7-8-16(14(19)9-11)25-10-13-12(17(20)21)5-4-6-15(13)22-18(23)24-2/h4-9,17H,3,10H2,1-2H3,(H,22,23). The van der Waals surface area contributed by atoms with Gasteiger partial charge in [0, 0.05) is 11.1 Å². The van der Waals surface area contributed by atoms with Crippen LogP contribution >= 0.6 is 11.6 Å². The molecule has 1 amide bonds. The molecule has 134 valence electrons. The average Bonchev–Trinajstić information content (AvgIpc) is 2.60. The summed E-state index contributed by atoms with van der Waals surface area (Å²) in [6, 6.07) is 9.53. The molecule has 0 heterocycles. The molecule has 0 aliphatic heterocycles. The summed E-state index contributed by atoms with van der Waals surface area (Å²) in [7, 11) is 1.19. The molecule has 2 aromatic carbocycles. The van der Waals surface area contributed by atoms with Crippen molar-refractivity contribution >= 4 is 23.4 Å². The Morgan fingerprint density at radius 3 is 2.64 bits per heavy atom. The zero-order valence-corrected chi connectivity index (χ0v) is 14.6. The highest BCUT2D eigenvalue weighted by molar-refractivity contribution is 6.32. The molecule has 0 atom stereocenters. The molecule has 2 rings (SSSR count). The largest absolute Gasteiger partial charge is 0.487 e. The minimum atomic E-state index is -2.71. The van der Waals surface area contributed by atoms with Crippen molar-refractivity contribution in [3.63, 3.8) is 0 Å². The highest BCUT2D eigenvalue weighted by Gasteiger charge is 2.18. The third-order valence-corrected chi connectivity index (χ3v) is 3.94. The van der Waals surface area contributed by atoms with Gasteiger partial charge in [0.2, 0.25) is 0 Å². The molecule has 0 bridgehead atoms. The predicted molar refractivity (Wildman–Crippen MR) is 92.6 cm³/mol. The van der Waals surface area contributed by atoms with Crippen molar-refractivity contribution in [1.82, 2.24) is 0 Å². The van der Waals surface area contributed by atoms with Crippen LogP contribution < -0.4 is 10.1 Å². The van der Waals surface area contributed by atoms with Crippen LogP contribution in [-0.4, -0.2) is 13.2 Å². The second-order valence-electron chi connectivity index (χ2n) is 5.20. The maximum atomic E-state index is 13.3. The van der Waals surface area contributed by atoms with Gasteiger partial charge >= 0.3 is 6.09 Å². The van der Waals surface area contributed by atoms with Crippen LogP contribution in [0.5, 0.6) is 5.75 Å². The Bertz CT molecular complexity index is 753. The molecule has 0 radical (unpaired) electrons. The number of hydrogen-bond donors (Lipinski definition) is 1.